The lowest BCUT2D eigenvalue weighted by molar-refractivity contribution is -0.119. The Morgan fingerprint density at radius 1 is 1.33 bits per heavy atom. The highest BCUT2D eigenvalue weighted by molar-refractivity contribution is 5.73. The standard InChI is InChI=1S/C24H26F2N4O3/c1-15(28-16(2)31)17-3-5-19(6-4-17)33-20-9-10-30(13-20)22-7-8-23(29-21(22)12-27)32-14-18-11-24(18,25)26/h3-8,15,18,20H,9-11,13-14H2,1-2H3,(H,28,31)/t15-,18?,20?/m0/s1. The molecular formula is C24H26F2N4O3. The summed E-state index contributed by atoms with van der Waals surface area (Å²) in [5.74, 6) is -2.58. The van der Waals surface area contributed by atoms with Crippen molar-refractivity contribution in [3.63, 3.8) is 0 Å². The van der Waals surface area contributed by atoms with E-state index in [1.165, 1.54) is 6.92 Å². The number of nitrogens with one attached hydrogen (secondary N) is 1. The molecule has 2 aliphatic rings. The quantitative estimate of drug-likeness (QED) is 0.650. The summed E-state index contributed by atoms with van der Waals surface area (Å²) in [5.41, 5.74) is 1.86. The van der Waals surface area contributed by atoms with Gasteiger partial charge in [0.05, 0.1) is 30.8 Å². The van der Waals surface area contributed by atoms with E-state index in [1.54, 1.807) is 12.1 Å². The Bertz CT molecular complexity index is 1050. The first-order valence-electron chi connectivity index (χ1n) is 11.0. The van der Waals surface area contributed by atoms with E-state index in [2.05, 4.69) is 16.4 Å². The monoisotopic (exact) mass is 456 g/mol. The van der Waals surface area contributed by atoms with E-state index in [1.807, 2.05) is 36.1 Å². The number of halogens is 2. The highest BCUT2D eigenvalue weighted by Crippen LogP contribution is 2.48. The number of ether oxygens (including phenoxy) is 2. The van der Waals surface area contributed by atoms with Crippen LogP contribution in [0.15, 0.2) is 36.4 Å². The minimum atomic E-state index is -2.65. The van der Waals surface area contributed by atoms with Crippen LogP contribution in [-0.4, -0.2) is 42.6 Å². The minimum absolute atomic E-state index is 0.0526. The third kappa shape index (κ3) is 5.51. The number of nitriles is 1. The van der Waals surface area contributed by atoms with Gasteiger partial charge in [0.15, 0.2) is 5.69 Å². The van der Waals surface area contributed by atoms with E-state index >= 15 is 0 Å². The largest absolute Gasteiger partial charge is 0.489 e. The van der Waals surface area contributed by atoms with Gasteiger partial charge in [-0.05, 0) is 30.7 Å². The zero-order chi connectivity index (χ0) is 23.6. The summed E-state index contributed by atoms with van der Waals surface area (Å²) in [6.45, 7) is 4.60. The fourth-order valence-corrected chi connectivity index (χ4v) is 3.95. The van der Waals surface area contributed by atoms with Gasteiger partial charge >= 0.3 is 0 Å². The van der Waals surface area contributed by atoms with Crippen molar-refractivity contribution >= 4 is 11.6 Å². The van der Waals surface area contributed by atoms with E-state index in [0.29, 0.717) is 18.8 Å². The molecule has 174 valence electrons. The number of pyridine rings is 1. The molecule has 9 heteroatoms. The van der Waals surface area contributed by atoms with Crippen LogP contribution in [0.25, 0.3) is 0 Å². The molecule has 1 saturated heterocycles. The molecule has 2 unspecified atom stereocenters. The average molecular weight is 456 g/mol. The van der Waals surface area contributed by atoms with Gasteiger partial charge in [0.25, 0.3) is 5.92 Å². The molecule has 2 aromatic rings. The van der Waals surface area contributed by atoms with Gasteiger partial charge in [0.2, 0.25) is 11.8 Å². The van der Waals surface area contributed by atoms with Crippen LogP contribution in [0.2, 0.25) is 0 Å². The Kier molecular flexibility index (Phi) is 6.36. The van der Waals surface area contributed by atoms with Crippen molar-refractivity contribution in [1.29, 1.82) is 5.26 Å². The van der Waals surface area contributed by atoms with Gasteiger partial charge in [-0.25, -0.2) is 13.8 Å². The van der Waals surface area contributed by atoms with Crippen LogP contribution in [0.3, 0.4) is 0 Å². The zero-order valence-electron chi connectivity index (χ0n) is 18.6. The summed E-state index contributed by atoms with van der Waals surface area (Å²) in [5, 5.41) is 12.4. The lowest BCUT2D eigenvalue weighted by Gasteiger charge is -2.20. The molecule has 0 bridgehead atoms. The third-order valence-corrected chi connectivity index (χ3v) is 5.93. The van der Waals surface area contributed by atoms with Crippen LogP contribution in [0.1, 0.15) is 44.0 Å². The summed E-state index contributed by atoms with van der Waals surface area (Å²) in [6, 6.07) is 13.0. The molecule has 1 amide bonds. The predicted octanol–water partition coefficient (Wildman–Crippen LogP) is 3.84. The molecule has 4 rings (SSSR count). The highest BCUT2D eigenvalue weighted by atomic mass is 19.3. The molecule has 1 aromatic carbocycles. The minimum Gasteiger partial charge on any atom is -0.489 e. The number of carbonyl (C=O) groups excluding carboxylic acids is 1. The van der Waals surface area contributed by atoms with Crippen molar-refractivity contribution in [3.05, 3.63) is 47.7 Å². The summed E-state index contributed by atoms with van der Waals surface area (Å²) in [4.78, 5) is 17.5. The van der Waals surface area contributed by atoms with Crippen molar-refractivity contribution in [2.24, 2.45) is 5.92 Å². The molecule has 1 aliphatic heterocycles. The Hall–Kier alpha value is -3.41. The average Bonchev–Trinajstić information content (AvgIpc) is 3.16. The van der Waals surface area contributed by atoms with Gasteiger partial charge < -0.3 is 19.7 Å². The van der Waals surface area contributed by atoms with Crippen LogP contribution in [0, 0.1) is 17.2 Å². The summed E-state index contributed by atoms with van der Waals surface area (Å²) >= 11 is 0. The first-order chi connectivity index (χ1) is 15.7. The molecule has 1 N–H and O–H groups in total. The van der Waals surface area contributed by atoms with Crippen LogP contribution >= 0.6 is 0 Å². The third-order valence-electron chi connectivity index (χ3n) is 5.93. The molecule has 2 heterocycles. The van der Waals surface area contributed by atoms with Gasteiger partial charge in [-0.15, -0.1) is 0 Å². The Morgan fingerprint density at radius 3 is 2.70 bits per heavy atom. The number of hydrogen-bond donors (Lipinski definition) is 1. The number of aromatic nitrogens is 1. The lowest BCUT2D eigenvalue weighted by Crippen LogP contribution is -2.25. The SMILES string of the molecule is CC(=O)N[C@@H](C)c1ccc(OC2CCN(c3ccc(OCC4CC4(F)F)nc3C#N)C2)cc1. The molecule has 2 fully saturated rings. The van der Waals surface area contributed by atoms with Crippen LogP contribution in [0.5, 0.6) is 11.6 Å². The van der Waals surface area contributed by atoms with Crippen LogP contribution in [0.4, 0.5) is 14.5 Å². The Balaban J connectivity index is 1.33. The topological polar surface area (TPSA) is 87.5 Å². The first kappa shape index (κ1) is 22.8. The molecule has 1 aromatic heterocycles. The van der Waals surface area contributed by atoms with E-state index in [0.717, 1.165) is 17.7 Å². The smallest absolute Gasteiger partial charge is 0.255 e. The molecular weight excluding hydrogens is 430 g/mol. The molecule has 0 spiro atoms. The number of carbonyl (C=O) groups is 1. The fraction of sp³-hybridized carbons (Fsp3) is 0.458. The van der Waals surface area contributed by atoms with E-state index in [-0.39, 0.29) is 42.7 Å². The van der Waals surface area contributed by atoms with E-state index < -0.39 is 11.8 Å². The second-order valence-electron chi connectivity index (χ2n) is 8.57. The number of alkyl halides is 2. The lowest BCUT2D eigenvalue weighted by atomic mass is 10.1. The van der Waals surface area contributed by atoms with Crippen molar-refractivity contribution in [3.8, 4) is 17.7 Å². The number of amides is 1. The molecule has 3 atom stereocenters. The maximum atomic E-state index is 13.0. The number of hydrogen-bond acceptors (Lipinski definition) is 6. The Morgan fingerprint density at radius 2 is 2.06 bits per heavy atom. The molecule has 7 nitrogen and oxygen atoms in total. The number of rotatable bonds is 8. The Labute approximate surface area is 191 Å². The molecule has 1 saturated carbocycles. The van der Waals surface area contributed by atoms with Crippen LogP contribution < -0.4 is 19.7 Å². The van der Waals surface area contributed by atoms with Gasteiger partial charge in [-0.1, -0.05) is 12.1 Å². The second-order valence-corrected chi connectivity index (χ2v) is 8.57. The molecule has 33 heavy (non-hydrogen) atoms. The molecule has 0 radical (unpaired) electrons. The van der Waals surface area contributed by atoms with Gasteiger partial charge in [0, 0.05) is 32.4 Å². The van der Waals surface area contributed by atoms with Gasteiger partial charge in [-0.2, -0.15) is 5.26 Å². The van der Waals surface area contributed by atoms with Crippen molar-refractivity contribution in [1.82, 2.24) is 10.3 Å². The van der Waals surface area contributed by atoms with E-state index in [4.69, 9.17) is 9.47 Å². The highest BCUT2D eigenvalue weighted by Gasteiger charge is 2.57. The summed E-state index contributed by atoms with van der Waals surface area (Å²) in [6.07, 6.45) is 0.565. The first-order valence-corrected chi connectivity index (χ1v) is 11.0. The number of anilines is 1. The summed E-state index contributed by atoms with van der Waals surface area (Å²) in [7, 11) is 0. The number of benzene rings is 1. The van der Waals surface area contributed by atoms with Crippen molar-refractivity contribution < 1.29 is 23.0 Å². The number of nitrogens with zero attached hydrogens (tertiary/aromatic N) is 3. The predicted molar refractivity (Wildman–Crippen MR) is 117 cm³/mol. The maximum Gasteiger partial charge on any atom is 0.255 e. The second kappa shape index (κ2) is 9.22. The van der Waals surface area contributed by atoms with Crippen LogP contribution in [-0.2, 0) is 4.79 Å². The zero-order valence-corrected chi connectivity index (χ0v) is 18.6. The summed E-state index contributed by atoms with van der Waals surface area (Å²) < 4.78 is 37.5. The fourth-order valence-electron chi connectivity index (χ4n) is 3.95. The van der Waals surface area contributed by atoms with Gasteiger partial charge in [0.1, 0.15) is 17.9 Å². The van der Waals surface area contributed by atoms with Crippen molar-refractivity contribution in [2.45, 2.75) is 44.8 Å². The maximum absolute atomic E-state index is 13.0. The normalized spacial score (nSPS) is 21.7. The van der Waals surface area contributed by atoms with Gasteiger partial charge in [-0.3, -0.25) is 4.79 Å². The van der Waals surface area contributed by atoms with E-state index in [9.17, 15) is 18.8 Å². The molecule has 1 aliphatic carbocycles. The van der Waals surface area contributed by atoms with Crippen molar-refractivity contribution in [2.75, 3.05) is 24.6 Å².